The van der Waals surface area contributed by atoms with Crippen molar-refractivity contribution in [3.05, 3.63) is 79.7 Å². The Labute approximate surface area is 173 Å². The van der Waals surface area contributed by atoms with Gasteiger partial charge in [0, 0.05) is 16.0 Å². The SMILES string of the molecule is CC1=C(C(C)(C)C2C=Cc3ccccc32)c2cc3sc(Br)cc3c(C)c2C1. The van der Waals surface area contributed by atoms with Crippen LogP contribution in [0.25, 0.3) is 21.7 Å². The Balaban J connectivity index is 1.69. The molecule has 0 aliphatic heterocycles. The van der Waals surface area contributed by atoms with E-state index in [-0.39, 0.29) is 5.41 Å². The van der Waals surface area contributed by atoms with E-state index in [4.69, 9.17) is 0 Å². The summed E-state index contributed by atoms with van der Waals surface area (Å²) in [5.74, 6) is 0.427. The fourth-order valence-electron chi connectivity index (χ4n) is 5.32. The van der Waals surface area contributed by atoms with E-state index in [1.54, 1.807) is 5.57 Å². The predicted octanol–water partition coefficient (Wildman–Crippen LogP) is 8.14. The van der Waals surface area contributed by atoms with Crippen molar-refractivity contribution in [2.24, 2.45) is 5.41 Å². The Hall–Kier alpha value is -1.64. The lowest BCUT2D eigenvalue weighted by atomic mass is 9.68. The summed E-state index contributed by atoms with van der Waals surface area (Å²) in [6.45, 7) is 9.50. The van der Waals surface area contributed by atoms with Crippen LogP contribution in [0.5, 0.6) is 0 Å². The van der Waals surface area contributed by atoms with Gasteiger partial charge in [0.15, 0.2) is 0 Å². The summed E-state index contributed by atoms with van der Waals surface area (Å²) in [5.41, 5.74) is 10.5. The van der Waals surface area contributed by atoms with Gasteiger partial charge in [0.1, 0.15) is 0 Å². The molecule has 136 valence electrons. The first-order valence-corrected chi connectivity index (χ1v) is 11.2. The number of benzene rings is 2. The normalized spacial score (nSPS) is 18.5. The summed E-state index contributed by atoms with van der Waals surface area (Å²) in [6, 6.07) is 13.6. The lowest BCUT2D eigenvalue weighted by Gasteiger charge is -2.35. The second-order valence-electron chi connectivity index (χ2n) is 8.51. The molecule has 0 N–H and O–H groups in total. The maximum Gasteiger partial charge on any atom is 0.0711 e. The van der Waals surface area contributed by atoms with E-state index >= 15 is 0 Å². The molecule has 2 aliphatic rings. The number of hydrogen-bond donors (Lipinski definition) is 0. The van der Waals surface area contributed by atoms with E-state index in [0.717, 1.165) is 6.42 Å². The van der Waals surface area contributed by atoms with Crippen LogP contribution in [0.4, 0.5) is 0 Å². The number of thiophene rings is 1. The molecule has 2 aromatic carbocycles. The summed E-state index contributed by atoms with van der Waals surface area (Å²) in [5, 5.41) is 1.41. The van der Waals surface area contributed by atoms with Crippen LogP contribution >= 0.6 is 27.3 Å². The molecular formula is C25H23BrS. The van der Waals surface area contributed by atoms with Gasteiger partial charge in [-0.25, -0.2) is 0 Å². The Morgan fingerprint density at radius 3 is 2.70 bits per heavy atom. The zero-order chi connectivity index (χ0) is 18.9. The van der Waals surface area contributed by atoms with Crippen LogP contribution in [-0.2, 0) is 6.42 Å². The van der Waals surface area contributed by atoms with Crippen molar-refractivity contribution in [3.63, 3.8) is 0 Å². The van der Waals surface area contributed by atoms with Gasteiger partial charge in [-0.05, 0) is 87.1 Å². The van der Waals surface area contributed by atoms with Crippen molar-refractivity contribution in [2.75, 3.05) is 0 Å². The van der Waals surface area contributed by atoms with Gasteiger partial charge >= 0.3 is 0 Å². The van der Waals surface area contributed by atoms with Gasteiger partial charge in [-0.15, -0.1) is 11.3 Å². The highest BCUT2D eigenvalue weighted by atomic mass is 79.9. The van der Waals surface area contributed by atoms with E-state index in [2.05, 4.69) is 92.2 Å². The third kappa shape index (κ3) is 2.46. The van der Waals surface area contributed by atoms with Crippen LogP contribution in [0, 0.1) is 12.3 Å². The van der Waals surface area contributed by atoms with Crippen molar-refractivity contribution in [3.8, 4) is 0 Å². The van der Waals surface area contributed by atoms with Crippen LogP contribution in [0.1, 0.15) is 54.5 Å². The molecule has 0 amide bonds. The largest absolute Gasteiger partial charge is 0.128 e. The van der Waals surface area contributed by atoms with Crippen LogP contribution in [-0.4, -0.2) is 0 Å². The monoisotopic (exact) mass is 434 g/mol. The van der Waals surface area contributed by atoms with Crippen LogP contribution in [0.2, 0.25) is 0 Å². The Morgan fingerprint density at radius 1 is 1.11 bits per heavy atom. The molecule has 1 unspecified atom stereocenters. The van der Waals surface area contributed by atoms with E-state index in [9.17, 15) is 0 Å². The lowest BCUT2D eigenvalue weighted by molar-refractivity contribution is 0.448. The summed E-state index contributed by atoms with van der Waals surface area (Å²) < 4.78 is 2.61. The average molecular weight is 435 g/mol. The second kappa shape index (κ2) is 5.93. The third-order valence-corrected chi connectivity index (χ3v) is 8.13. The van der Waals surface area contributed by atoms with Crippen molar-refractivity contribution in [1.82, 2.24) is 0 Å². The zero-order valence-electron chi connectivity index (χ0n) is 16.2. The second-order valence-corrected chi connectivity index (χ2v) is 11.0. The van der Waals surface area contributed by atoms with Crippen LogP contribution < -0.4 is 0 Å². The first-order chi connectivity index (χ1) is 12.9. The number of fused-ring (bicyclic) bond motifs is 3. The van der Waals surface area contributed by atoms with Crippen LogP contribution in [0.15, 0.2) is 51.8 Å². The Bertz CT molecular complexity index is 1160. The summed E-state index contributed by atoms with van der Waals surface area (Å²) in [6.07, 6.45) is 5.80. The van der Waals surface area contributed by atoms with E-state index < -0.39 is 0 Å². The molecule has 1 heterocycles. The molecule has 0 saturated heterocycles. The quantitative estimate of drug-likeness (QED) is 0.381. The third-order valence-electron chi connectivity index (χ3n) is 6.55. The van der Waals surface area contributed by atoms with Crippen molar-refractivity contribution < 1.29 is 0 Å². The molecule has 1 aromatic heterocycles. The van der Waals surface area contributed by atoms with Crippen LogP contribution in [0.3, 0.4) is 0 Å². The van der Waals surface area contributed by atoms with Gasteiger partial charge in [0.25, 0.3) is 0 Å². The highest BCUT2D eigenvalue weighted by molar-refractivity contribution is 9.11. The number of halogens is 1. The van der Waals surface area contributed by atoms with E-state index in [0.29, 0.717) is 5.92 Å². The Kier molecular flexibility index (Phi) is 3.83. The van der Waals surface area contributed by atoms with Gasteiger partial charge in [0.05, 0.1) is 3.79 Å². The molecule has 5 rings (SSSR count). The maximum absolute atomic E-state index is 3.68. The molecule has 0 spiro atoms. The fraction of sp³-hybridized carbons (Fsp3) is 0.280. The number of hydrogen-bond acceptors (Lipinski definition) is 1. The number of aryl methyl sites for hydroxylation is 1. The zero-order valence-corrected chi connectivity index (χ0v) is 18.6. The molecule has 3 aromatic rings. The maximum atomic E-state index is 3.68. The van der Waals surface area contributed by atoms with E-state index in [1.165, 1.54) is 47.3 Å². The minimum Gasteiger partial charge on any atom is -0.128 e. The molecule has 27 heavy (non-hydrogen) atoms. The van der Waals surface area contributed by atoms with Gasteiger partial charge < -0.3 is 0 Å². The molecule has 1 atom stereocenters. The Morgan fingerprint density at radius 2 is 1.89 bits per heavy atom. The molecule has 2 aliphatic carbocycles. The predicted molar refractivity (Wildman–Crippen MR) is 123 cm³/mol. The van der Waals surface area contributed by atoms with Crippen molar-refractivity contribution in [2.45, 2.75) is 40.0 Å². The summed E-state index contributed by atoms with van der Waals surface area (Å²) in [4.78, 5) is 0. The minimum atomic E-state index is 0.0625. The van der Waals surface area contributed by atoms with Gasteiger partial charge in [-0.2, -0.15) is 0 Å². The van der Waals surface area contributed by atoms with E-state index in [1.807, 2.05) is 11.3 Å². The van der Waals surface area contributed by atoms with Crippen molar-refractivity contribution in [1.29, 1.82) is 0 Å². The first-order valence-electron chi connectivity index (χ1n) is 9.57. The summed E-state index contributed by atoms with van der Waals surface area (Å²) in [7, 11) is 0. The van der Waals surface area contributed by atoms with Gasteiger partial charge in [-0.1, -0.05) is 55.8 Å². The fourth-order valence-corrected chi connectivity index (χ4v) is 6.96. The highest BCUT2D eigenvalue weighted by Gasteiger charge is 2.40. The number of rotatable bonds is 2. The molecule has 2 heteroatoms. The summed E-state index contributed by atoms with van der Waals surface area (Å²) >= 11 is 5.53. The molecule has 0 fully saturated rings. The molecule has 0 saturated carbocycles. The standard InChI is InChI=1S/C25H23BrS/c1-14-11-18-15(2)19-13-23(26)27-22(19)12-20(18)24(14)25(3,4)21-10-9-16-7-5-6-8-17(16)21/h5-10,12-13,21H,11H2,1-4H3. The molecule has 0 bridgehead atoms. The highest BCUT2D eigenvalue weighted by Crippen LogP contribution is 2.55. The minimum absolute atomic E-state index is 0.0625. The molecule has 0 radical (unpaired) electrons. The van der Waals surface area contributed by atoms with Gasteiger partial charge in [-0.3, -0.25) is 0 Å². The number of allylic oxidation sites excluding steroid dienone is 3. The van der Waals surface area contributed by atoms with Gasteiger partial charge in [0.2, 0.25) is 0 Å². The first kappa shape index (κ1) is 17.5. The topological polar surface area (TPSA) is 0 Å². The lowest BCUT2D eigenvalue weighted by Crippen LogP contribution is -2.22. The molecule has 0 nitrogen and oxygen atoms in total. The molecular weight excluding hydrogens is 412 g/mol. The smallest absolute Gasteiger partial charge is 0.0711 e. The average Bonchev–Trinajstić information content (AvgIpc) is 3.29. The van der Waals surface area contributed by atoms with Crippen molar-refractivity contribution >= 4 is 49.0 Å².